The number of nitrogens with zero attached hydrogens (tertiary/aromatic N) is 1. The third kappa shape index (κ3) is 5.65. The van der Waals surface area contributed by atoms with E-state index in [0.717, 1.165) is 16.4 Å². The lowest BCUT2D eigenvalue weighted by molar-refractivity contribution is -0.116. The number of nitrogens with one attached hydrogen (secondary N) is 1. The third-order valence-corrected chi connectivity index (χ3v) is 6.23. The quantitative estimate of drug-likeness (QED) is 0.571. The maximum atomic E-state index is 14.2. The van der Waals surface area contributed by atoms with Gasteiger partial charge in [0.1, 0.15) is 22.3 Å². The summed E-state index contributed by atoms with van der Waals surface area (Å²) in [7, 11) is -2.88. The van der Waals surface area contributed by atoms with Crippen LogP contribution in [0.4, 0.5) is 14.5 Å². The van der Waals surface area contributed by atoms with Crippen LogP contribution in [0, 0.1) is 11.6 Å². The fourth-order valence-corrected chi connectivity index (χ4v) is 4.32. The van der Waals surface area contributed by atoms with Gasteiger partial charge in [-0.25, -0.2) is 17.2 Å². The molecule has 1 N–H and O–H groups in total. The summed E-state index contributed by atoms with van der Waals surface area (Å²) < 4.78 is 59.7. The van der Waals surface area contributed by atoms with Gasteiger partial charge in [0.2, 0.25) is 15.9 Å². The number of halogens is 2. The maximum absolute atomic E-state index is 14.2. The van der Waals surface area contributed by atoms with E-state index in [1.165, 1.54) is 43.5 Å². The van der Waals surface area contributed by atoms with Crippen molar-refractivity contribution in [1.29, 1.82) is 0 Å². The van der Waals surface area contributed by atoms with Gasteiger partial charge >= 0.3 is 0 Å². The molecule has 6 nitrogen and oxygen atoms in total. The molecule has 0 aliphatic heterocycles. The van der Waals surface area contributed by atoms with Gasteiger partial charge < -0.3 is 10.1 Å². The van der Waals surface area contributed by atoms with E-state index in [4.69, 9.17) is 4.74 Å². The molecule has 0 spiro atoms. The zero-order valence-corrected chi connectivity index (χ0v) is 17.4. The van der Waals surface area contributed by atoms with Crippen LogP contribution in [0.5, 0.6) is 5.75 Å². The Labute approximate surface area is 179 Å². The number of ether oxygens (including phenoxy) is 1. The number of rotatable bonds is 8. The molecule has 31 heavy (non-hydrogen) atoms. The summed E-state index contributed by atoms with van der Waals surface area (Å²) in [5, 5.41) is 2.60. The molecule has 0 bridgehead atoms. The first-order chi connectivity index (χ1) is 14.8. The smallest absolute Gasteiger partial charge is 0.246 e. The first kappa shape index (κ1) is 22.4. The van der Waals surface area contributed by atoms with Gasteiger partial charge in [-0.3, -0.25) is 4.79 Å². The van der Waals surface area contributed by atoms with Gasteiger partial charge in [-0.15, -0.1) is 0 Å². The molecular weight excluding hydrogens is 426 g/mol. The summed E-state index contributed by atoms with van der Waals surface area (Å²) in [4.78, 5) is 12.1. The zero-order valence-electron chi connectivity index (χ0n) is 16.6. The van der Waals surface area contributed by atoms with Gasteiger partial charge in [-0.1, -0.05) is 30.3 Å². The van der Waals surface area contributed by atoms with Crippen LogP contribution in [0.1, 0.15) is 5.56 Å². The Morgan fingerprint density at radius 1 is 1.00 bits per heavy atom. The van der Waals surface area contributed by atoms with Crippen molar-refractivity contribution < 1.29 is 26.7 Å². The molecule has 3 aromatic rings. The van der Waals surface area contributed by atoms with Crippen LogP contribution in [-0.2, 0) is 21.4 Å². The van der Waals surface area contributed by atoms with Crippen molar-refractivity contribution >= 4 is 21.6 Å². The highest BCUT2D eigenvalue weighted by Crippen LogP contribution is 2.22. The largest absolute Gasteiger partial charge is 0.497 e. The fraction of sp³-hybridized carbons (Fsp3) is 0.136. The molecule has 0 saturated carbocycles. The summed E-state index contributed by atoms with van der Waals surface area (Å²) >= 11 is 0. The van der Waals surface area contributed by atoms with Crippen molar-refractivity contribution in [2.45, 2.75) is 11.4 Å². The molecular formula is C22H20F2N2O4S. The summed E-state index contributed by atoms with van der Waals surface area (Å²) in [5.74, 6) is -1.53. The molecule has 9 heteroatoms. The van der Waals surface area contributed by atoms with Crippen LogP contribution < -0.4 is 10.1 Å². The molecule has 0 radical (unpaired) electrons. The molecule has 0 aliphatic carbocycles. The van der Waals surface area contributed by atoms with E-state index < -0.39 is 39.0 Å². The van der Waals surface area contributed by atoms with Crippen LogP contribution in [0.3, 0.4) is 0 Å². The predicted molar refractivity (Wildman–Crippen MR) is 112 cm³/mol. The van der Waals surface area contributed by atoms with Gasteiger partial charge in [-0.2, -0.15) is 4.31 Å². The van der Waals surface area contributed by atoms with Gasteiger partial charge in [0, 0.05) is 18.3 Å². The Kier molecular flexibility index (Phi) is 6.98. The number of anilines is 1. The fourth-order valence-electron chi connectivity index (χ4n) is 2.87. The van der Waals surface area contributed by atoms with Crippen molar-refractivity contribution in [1.82, 2.24) is 4.31 Å². The number of hydrogen-bond acceptors (Lipinski definition) is 4. The number of carbonyl (C=O) groups excluding carboxylic acids is 1. The normalized spacial score (nSPS) is 11.4. The third-order valence-electron chi connectivity index (χ3n) is 4.40. The molecule has 3 rings (SSSR count). The molecule has 3 aromatic carbocycles. The molecule has 0 unspecified atom stereocenters. The van der Waals surface area contributed by atoms with E-state index in [-0.39, 0.29) is 6.54 Å². The lowest BCUT2D eigenvalue weighted by atomic mass is 10.2. The van der Waals surface area contributed by atoms with E-state index in [2.05, 4.69) is 5.32 Å². The number of hydrogen-bond donors (Lipinski definition) is 1. The molecule has 0 heterocycles. The van der Waals surface area contributed by atoms with E-state index in [1.807, 2.05) is 0 Å². The second kappa shape index (κ2) is 9.67. The van der Waals surface area contributed by atoms with Crippen LogP contribution in [0.15, 0.2) is 77.7 Å². The molecule has 0 aromatic heterocycles. The number of amides is 1. The van der Waals surface area contributed by atoms with Crippen molar-refractivity contribution in [3.8, 4) is 5.75 Å². The Bertz CT molecular complexity index is 1170. The number of benzene rings is 3. The van der Waals surface area contributed by atoms with E-state index in [9.17, 15) is 22.0 Å². The number of carbonyl (C=O) groups is 1. The maximum Gasteiger partial charge on any atom is 0.246 e. The van der Waals surface area contributed by atoms with Crippen LogP contribution in [-0.4, -0.2) is 32.3 Å². The highest BCUT2D eigenvalue weighted by molar-refractivity contribution is 7.89. The van der Waals surface area contributed by atoms with Crippen LogP contribution in [0.2, 0.25) is 0 Å². The summed E-state index contributed by atoms with van der Waals surface area (Å²) in [6, 6.07) is 16.6. The van der Waals surface area contributed by atoms with Crippen molar-refractivity contribution in [2.24, 2.45) is 0 Å². The lowest BCUT2D eigenvalue weighted by Crippen LogP contribution is -2.38. The first-order valence-electron chi connectivity index (χ1n) is 9.22. The van der Waals surface area contributed by atoms with E-state index in [0.29, 0.717) is 17.0 Å². The standard InChI is InChI=1S/C22H20F2N2O4S/c1-30-19-6-4-5-18(13-19)25-22(27)15-26(14-16-9-11-17(23)12-10-16)31(28,29)21-8-3-2-7-20(21)24/h2-13H,14-15H2,1H3,(H,25,27). The SMILES string of the molecule is COc1cccc(NC(=O)CN(Cc2ccc(F)cc2)S(=O)(=O)c2ccccc2F)c1. The van der Waals surface area contributed by atoms with Gasteiger partial charge in [-0.05, 0) is 42.0 Å². The minimum absolute atomic E-state index is 0.248. The highest BCUT2D eigenvalue weighted by Gasteiger charge is 2.29. The zero-order chi connectivity index (χ0) is 22.4. The predicted octanol–water partition coefficient (Wildman–Crippen LogP) is 3.80. The number of methoxy groups -OCH3 is 1. The first-order valence-corrected chi connectivity index (χ1v) is 10.7. The van der Waals surface area contributed by atoms with E-state index in [1.54, 1.807) is 24.3 Å². The Morgan fingerprint density at radius 3 is 2.39 bits per heavy atom. The Morgan fingerprint density at radius 2 is 1.71 bits per heavy atom. The average Bonchev–Trinajstić information content (AvgIpc) is 2.75. The number of sulfonamides is 1. The average molecular weight is 446 g/mol. The Balaban J connectivity index is 1.88. The molecule has 0 aliphatic rings. The lowest BCUT2D eigenvalue weighted by Gasteiger charge is -2.22. The second-order valence-electron chi connectivity index (χ2n) is 6.61. The molecule has 0 fully saturated rings. The van der Waals surface area contributed by atoms with Gasteiger partial charge in [0.05, 0.1) is 13.7 Å². The summed E-state index contributed by atoms with van der Waals surface area (Å²) in [6.07, 6.45) is 0. The summed E-state index contributed by atoms with van der Waals surface area (Å²) in [5.41, 5.74) is 0.852. The highest BCUT2D eigenvalue weighted by atomic mass is 32.2. The minimum atomic E-state index is -4.36. The van der Waals surface area contributed by atoms with Crippen molar-refractivity contribution in [3.63, 3.8) is 0 Å². The molecule has 1 amide bonds. The van der Waals surface area contributed by atoms with Gasteiger partial charge in [0.15, 0.2) is 0 Å². The van der Waals surface area contributed by atoms with E-state index >= 15 is 0 Å². The second-order valence-corrected chi connectivity index (χ2v) is 8.52. The van der Waals surface area contributed by atoms with Crippen molar-refractivity contribution in [2.75, 3.05) is 19.0 Å². The monoisotopic (exact) mass is 446 g/mol. The van der Waals surface area contributed by atoms with Crippen LogP contribution >= 0.6 is 0 Å². The van der Waals surface area contributed by atoms with Crippen LogP contribution in [0.25, 0.3) is 0 Å². The molecule has 0 saturated heterocycles. The van der Waals surface area contributed by atoms with Crippen molar-refractivity contribution in [3.05, 3.63) is 90.0 Å². The topological polar surface area (TPSA) is 75.7 Å². The molecule has 162 valence electrons. The van der Waals surface area contributed by atoms with Gasteiger partial charge in [0.25, 0.3) is 0 Å². The minimum Gasteiger partial charge on any atom is -0.497 e. The summed E-state index contributed by atoms with van der Waals surface area (Å²) in [6.45, 7) is -0.826. The molecule has 0 atom stereocenters. The Hall–Kier alpha value is -3.30.